The molecule has 0 radical (unpaired) electrons. The number of benzene rings is 1. The zero-order valence-corrected chi connectivity index (χ0v) is 14.7. The fourth-order valence-electron chi connectivity index (χ4n) is 3.11. The number of carbonyl (C=O) groups is 2. The number of carbonyl (C=O) groups excluding carboxylic acids is 2. The Labute approximate surface area is 151 Å². The van der Waals surface area contributed by atoms with E-state index in [-0.39, 0.29) is 24.2 Å². The Hall–Kier alpha value is -2.74. The van der Waals surface area contributed by atoms with E-state index in [1.807, 2.05) is 0 Å². The number of hydrogen-bond donors (Lipinski definition) is 3. The predicted molar refractivity (Wildman–Crippen MR) is 91.7 cm³/mol. The van der Waals surface area contributed by atoms with Gasteiger partial charge in [0.05, 0.1) is 24.8 Å². The van der Waals surface area contributed by atoms with Gasteiger partial charge in [0.15, 0.2) is 11.5 Å². The molecule has 8 heteroatoms. The molecule has 2 aliphatic heterocycles. The molecule has 0 saturated carbocycles. The summed E-state index contributed by atoms with van der Waals surface area (Å²) in [6.07, 6.45) is 1.73. The van der Waals surface area contributed by atoms with Crippen LogP contribution in [-0.2, 0) is 14.3 Å². The zero-order valence-electron chi connectivity index (χ0n) is 14.7. The van der Waals surface area contributed by atoms with Crippen LogP contribution in [0.1, 0.15) is 31.4 Å². The van der Waals surface area contributed by atoms with Gasteiger partial charge in [-0.25, -0.2) is 9.59 Å². The maximum atomic E-state index is 12.7. The lowest BCUT2D eigenvalue weighted by Gasteiger charge is -2.28. The molecule has 26 heavy (non-hydrogen) atoms. The Kier molecular flexibility index (Phi) is 5.32. The highest BCUT2D eigenvalue weighted by Gasteiger charge is 2.33. The third-order valence-corrected chi connectivity index (χ3v) is 4.45. The number of nitrogens with one attached hydrogen (secondary N) is 2. The molecule has 140 valence electrons. The second kappa shape index (κ2) is 7.65. The molecule has 1 fully saturated rings. The van der Waals surface area contributed by atoms with Gasteiger partial charge >= 0.3 is 12.0 Å². The van der Waals surface area contributed by atoms with Crippen molar-refractivity contribution in [1.29, 1.82) is 0 Å². The van der Waals surface area contributed by atoms with E-state index in [0.717, 1.165) is 12.8 Å². The summed E-state index contributed by atoms with van der Waals surface area (Å²) < 4.78 is 16.0. The Bertz CT molecular complexity index is 739. The number of methoxy groups -OCH3 is 1. The normalized spacial score (nSPS) is 22.6. The van der Waals surface area contributed by atoms with Crippen molar-refractivity contribution in [1.82, 2.24) is 10.6 Å². The van der Waals surface area contributed by atoms with E-state index in [1.165, 1.54) is 13.2 Å². The molecular formula is C18H22N2O6. The summed E-state index contributed by atoms with van der Waals surface area (Å²) in [6.45, 7) is 2.50. The van der Waals surface area contributed by atoms with Crippen molar-refractivity contribution in [2.24, 2.45) is 0 Å². The molecule has 0 bridgehead atoms. The summed E-state index contributed by atoms with van der Waals surface area (Å²) in [6, 6.07) is 3.51. The second-order valence-corrected chi connectivity index (χ2v) is 6.23. The number of phenolic OH excluding ortho intramolecular Hbond substituents is 1. The third kappa shape index (κ3) is 3.75. The number of phenols is 1. The average Bonchev–Trinajstić information content (AvgIpc) is 3.13. The molecule has 2 amide bonds. The molecule has 2 atom stereocenters. The van der Waals surface area contributed by atoms with Gasteiger partial charge in [-0.05, 0) is 37.5 Å². The maximum Gasteiger partial charge on any atom is 0.338 e. The minimum Gasteiger partial charge on any atom is -0.504 e. The highest BCUT2D eigenvalue weighted by molar-refractivity contribution is 5.95. The van der Waals surface area contributed by atoms with Gasteiger partial charge < -0.3 is 30.0 Å². The Morgan fingerprint density at radius 2 is 2.23 bits per heavy atom. The van der Waals surface area contributed by atoms with Crippen molar-refractivity contribution >= 4 is 12.0 Å². The second-order valence-electron chi connectivity index (χ2n) is 6.23. The van der Waals surface area contributed by atoms with Crippen molar-refractivity contribution < 1.29 is 28.9 Å². The minimum absolute atomic E-state index is 0.0280. The lowest BCUT2D eigenvalue weighted by atomic mass is 9.95. The third-order valence-electron chi connectivity index (χ3n) is 4.45. The summed E-state index contributed by atoms with van der Waals surface area (Å²) in [7, 11) is 1.43. The summed E-state index contributed by atoms with van der Waals surface area (Å²) in [5.74, 6) is -0.303. The fourth-order valence-corrected chi connectivity index (χ4v) is 3.11. The monoisotopic (exact) mass is 362 g/mol. The minimum atomic E-state index is -0.713. The van der Waals surface area contributed by atoms with Crippen molar-refractivity contribution in [2.75, 3.05) is 20.3 Å². The smallest absolute Gasteiger partial charge is 0.338 e. The van der Waals surface area contributed by atoms with Crippen LogP contribution in [-0.4, -0.2) is 43.5 Å². The average molecular weight is 362 g/mol. The standard InChI is InChI=1S/C18H22N2O6/c1-10-15(17(22)26-9-12-4-3-7-25-12)16(20-18(23)19-10)11-5-6-13(21)14(8-11)24-2/h5-6,8,12,16,21H,3-4,7,9H2,1-2H3,(H2,19,20,23)/t12-,16-/m1/s1. The highest BCUT2D eigenvalue weighted by Crippen LogP contribution is 2.33. The van der Waals surface area contributed by atoms with Crippen LogP contribution in [0.25, 0.3) is 0 Å². The first-order valence-electron chi connectivity index (χ1n) is 8.43. The van der Waals surface area contributed by atoms with Crippen LogP contribution in [0.4, 0.5) is 4.79 Å². The van der Waals surface area contributed by atoms with E-state index >= 15 is 0 Å². The number of ether oxygens (including phenoxy) is 3. The largest absolute Gasteiger partial charge is 0.504 e. The van der Waals surface area contributed by atoms with Crippen molar-refractivity contribution in [3.63, 3.8) is 0 Å². The molecule has 0 aromatic heterocycles. The molecule has 1 aromatic carbocycles. The molecule has 3 rings (SSSR count). The van der Waals surface area contributed by atoms with Gasteiger partial charge in [-0.2, -0.15) is 0 Å². The van der Waals surface area contributed by atoms with E-state index in [0.29, 0.717) is 23.4 Å². The summed E-state index contributed by atoms with van der Waals surface area (Å²) in [5.41, 5.74) is 1.32. The van der Waals surface area contributed by atoms with Crippen LogP contribution in [0, 0.1) is 0 Å². The number of hydrogen-bond acceptors (Lipinski definition) is 6. The van der Waals surface area contributed by atoms with Gasteiger partial charge in [0, 0.05) is 12.3 Å². The van der Waals surface area contributed by atoms with Gasteiger partial charge in [0.2, 0.25) is 0 Å². The Morgan fingerprint density at radius 1 is 1.42 bits per heavy atom. The van der Waals surface area contributed by atoms with Gasteiger partial charge in [-0.15, -0.1) is 0 Å². The maximum absolute atomic E-state index is 12.7. The van der Waals surface area contributed by atoms with Crippen molar-refractivity contribution in [3.05, 3.63) is 35.0 Å². The molecule has 0 spiro atoms. The van der Waals surface area contributed by atoms with Crippen LogP contribution in [0.2, 0.25) is 0 Å². The Balaban J connectivity index is 1.85. The van der Waals surface area contributed by atoms with Gasteiger partial charge in [0.1, 0.15) is 6.61 Å². The summed E-state index contributed by atoms with van der Waals surface area (Å²) >= 11 is 0. The van der Waals surface area contributed by atoms with E-state index in [2.05, 4.69) is 10.6 Å². The molecule has 2 aliphatic rings. The van der Waals surface area contributed by atoms with Gasteiger partial charge in [-0.1, -0.05) is 6.07 Å². The molecule has 0 unspecified atom stereocenters. The highest BCUT2D eigenvalue weighted by atomic mass is 16.6. The number of amides is 2. The first kappa shape index (κ1) is 18.1. The van der Waals surface area contributed by atoms with Crippen LogP contribution in [0.3, 0.4) is 0 Å². The van der Waals surface area contributed by atoms with E-state index < -0.39 is 18.0 Å². The van der Waals surface area contributed by atoms with Crippen LogP contribution in [0.15, 0.2) is 29.5 Å². The first-order chi connectivity index (χ1) is 12.5. The van der Waals surface area contributed by atoms with Gasteiger partial charge in [-0.3, -0.25) is 0 Å². The summed E-state index contributed by atoms with van der Waals surface area (Å²) in [4.78, 5) is 24.6. The number of esters is 1. The van der Waals surface area contributed by atoms with Crippen LogP contribution < -0.4 is 15.4 Å². The van der Waals surface area contributed by atoms with E-state index in [9.17, 15) is 14.7 Å². The molecule has 0 aliphatic carbocycles. The molecule has 2 heterocycles. The van der Waals surface area contributed by atoms with E-state index in [4.69, 9.17) is 14.2 Å². The number of urea groups is 1. The molecule has 1 saturated heterocycles. The summed E-state index contributed by atoms with van der Waals surface area (Å²) in [5, 5.41) is 15.1. The topological polar surface area (TPSA) is 106 Å². The predicted octanol–water partition coefficient (Wildman–Crippen LogP) is 1.75. The first-order valence-corrected chi connectivity index (χ1v) is 8.43. The molecule has 1 aromatic rings. The zero-order chi connectivity index (χ0) is 18.7. The Morgan fingerprint density at radius 3 is 2.92 bits per heavy atom. The quantitative estimate of drug-likeness (QED) is 0.689. The fraction of sp³-hybridized carbons (Fsp3) is 0.444. The number of allylic oxidation sites excluding steroid dienone is 1. The lowest BCUT2D eigenvalue weighted by molar-refractivity contribution is -0.142. The lowest BCUT2D eigenvalue weighted by Crippen LogP contribution is -2.45. The van der Waals surface area contributed by atoms with Crippen molar-refractivity contribution in [3.8, 4) is 11.5 Å². The van der Waals surface area contributed by atoms with Crippen molar-refractivity contribution in [2.45, 2.75) is 31.9 Å². The molecule has 3 N–H and O–H groups in total. The van der Waals surface area contributed by atoms with E-state index in [1.54, 1.807) is 19.1 Å². The molecule has 8 nitrogen and oxygen atoms in total. The van der Waals surface area contributed by atoms with Gasteiger partial charge in [0.25, 0.3) is 0 Å². The molecular weight excluding hydrogens is 340 g/mol. The number of aromatic hydroxyl groups is 1. The van der Waals surface area contributed by atoms with Crippen LogP contribution in [0.5, 0.6) is 11.5 Å². The van der Waals surface area contributed by atoms with Crippen LogP contribution >= 0.6 is 0 Å². The number of rotatable bonds is 5. The SMILES string of the molecule is COc1cc([C@H]2NC(=O)NC(C)=C2C(=O)OC[C@H]2CCCO2)ccc1O.